The Balaban J connectivity index is 1.39. The number of benzene rings is 4. The van der Waals surface area contributed by atoms with Crippen molar-refractivity contribution < 1.29 is 4.79 Å². The Labute approximate surface area is 232 Å². The third kappa shape index (κ3) is 3.24. The smallest absolute Gasteiger partial charge is 0.330 e. The van der Waals surface area contributed by atoms with Crippen molar-refractivity contribution >= 4 is 17.4 Å². The molecule has 0 radical (unpaired) electrons. The number of hydrogen-bond acceptors (Lipinski definition) is 1. The number of H-pyrrole nitrogens is 2. The first-order valence-electron chi connectivity index (χ1n) is 13.6. The SMILES string of the molecule is O=C(N1c2ccccc2-c2ccccc2C1c1ccc[nH]1)N1c2ccccc2-c2ccccc2C1c1ccc[nH]1. The van der Waals surface area contributed by atoms with Gasteiger partial charge in [-0.25, -0.2) is 4.79 Å². The maximum Gasteiger partial charge on any atom is 0.330 e. The third-order valence-electron chi connectivity index (χ3n) is 8.18. The highest BCUT2D eigenvalue weighted by atomic mass is 16.2. The van der Waals surface area contributed by atoms with Gasteiger partial charge in [0.05, 0.1) is 11.4 Å². The third-order valence-corrected chi connectivity index (χ3v) is 8.18. The Morgan fingerprint density at radius 1 is 0.475 bits per heavy atom. The minimum Gasteiger partial charge on any atom is -0.363 e. The van der Waals surface area contributed by atoms with E-state index in [1.54, 1.807) is 0 Å². The topological polar surface area (TPSA) is 55.1 Å². The molecule has 2 aliphatic rings. The Morgan fingerprint density at radius 3 is 1.30 bits per heavy atom. The van der Waals surface area contributed by atoms with Crippen molar-refractivity contribution in [1.82, 2.24) is 9.97 Å². The molecule has 40 heavy (non-hydrogen) atoms. The molecule has 2 unspecified atom stereocenters. The predicted octanol–water partition coefficient (Wildman–Crippen LogP) is 8.32. The molecular formula is C35H26N4O. The number of para-hydroxylation sites is 2. The first kappa shape index (κ1) is 22.7. The number of fused-ring (bicyclic) bond motifs is 6. The molecule has 192 valence electrons. The molecule has 5 heteroatoms. The summed E-state index contributed by atoms with van der Waals surface area (Å²) in [5, 5.41) is 0. The summed E-state index contributed by atoms with van der Waals surface area (Å²) in [5.41, 5.74) is 10.3. The number of aromatic nitrogens is 2. The zero-order chi connectivity index (χ0) is 26.6. The van der Waals surface area contributed by atoms with Crippen LogP contribution in [0.2, 0.25) is 0 Å². The van der Waals surface area contributed by atoms with E-state index in [0.29, 0.717) is 0 Å². The molecule has 2 N–H and O–H groups in total. The van der Waals surface area contributed by atoms with Crippen molar-refractivity contribution in [3.63, 3.8) is 0 Å². The first-order chi connectivity index (χ1) is 19.8. The minimum atomic E-state index is -0.317. The summed E-state index contributed by atoms with van der Waals surface area (Å²) in [6, 6.07) is 40.7. The van der Waals surface area contributed by atoms with Crippen molar-refractivity contribution in [3.05, 3.63) is 156 Å². The maximum atomic E-state index is 15.3. The number of nitrogens with zero attached hydrogens (tertiary/aromatic N) is 2. The average molecular weight is 519 g/mol. The molecule has 5 nitrogen and oxygen atoms in total. The van der Waals surface area contributed by atoms with Crippen molar-refractivity contribution in [2.24, 2.45) is 0 Å². The summed E-state index contributed by atoms with van der Waals surface area (Å²) in [5.74, 6) is 0. The highest BCUT2D eigenvalue weighted by Crippen LogP contribution is 2.51. The molecule has 4 heterocycles. The lowest BCUT2D eigenvalue weighted by atomic mass is 9.85. The second-order valence-corrected chi connectivity index (χ2v) is 10.3. The van der Waals surface area contributed by atoms with Crippen molar-refractivity contribution in [2.45, 2.75) is 12.1 Å². The number of urea groups is 1. The van der Waals surface area contributed by atoms with Crippen LogP contribution in [-0.4, -0.2) is 16.0 Å². The highest BCUT2D eigenvalue weighted by Gasteiger charge is 2.43. The van der Waals surface area contributed by atoms with Crippen LogP contribution >= 0.6 is 0 Å². The summed E-state index contributed by atoms with van der Waals surface area (Å²) in [4.78, 5) is 26.1. The van der Waals surface area contributed by atoms with Gasteiger partial charge in [-0.2, -0.15) is 0 Å². The zero-order valence-corrected chi connectivity index (χ0v) is 21.7. The van der Waals surface area contributed by atoms with Crippen LogP contribution in [0.4, 0.5) is 16.2 Å². The Morgan fingerprint density at radius 2 is 0.875 bits per heavy atom. The van der Waals surface area contributed by atoms with Gasteiger partial charge in [0.2, 0.25) is 0 Å². The van der Waals surface area contributed by atoms with Gasteiger partial charge in [-0.1, -0.05) is 84.9 Å². The van der Waals surface area contributed by atoms with Crippen molar-refractivity contribution in [2.75, 3.05) is 9.80 Å². The standard InChI is InChI=1S/C35H26N4O/c40-35(38-31-19-7-5-13-25(31)23-11-1-3-15-27(23)33(38)29-17-9-21-36-29)39-32-20-8-6-14-26(32)24-12-2-4-16-28(24)34(39)30-18-10-22-37-30/h1-22,33-34,36-37H. The fraction of sp³-hybridized carbons (Fsp3) is 0.0571. The van der Waals surface area contributed by atoms with Crippen molar-refractivity contribution in [1.29, 1.82) is 0 Å². The molecule has 6 aromatic rings. The monoisotopic (exact) mass is 518 g/mol. The van der Waals surface area contributed by atoms with Crippen LogP contribution in [0, 0.1) is 0 Å². The van der Waals surface area contributed by atoms with E-state index in [1.807, 2.05) is 58.6 Å². The molecule has 0 spiro atoms. The van der Waals surface area contributed by atoms with Gasteiger partial charge in [-0.15, -0.1) is 0 Å². The Hall–Kier alpha value is -5.29. The lowest BCUT2D eigenvalue weighted by Gasteiger charge is -2.45. The number of amides is 2. The van der Waals surface area contributed by atoms with Gasteiger partial charge in [0.15, 0.2) is 0 Å². The molecule has 0 fully saturated rings. The summed E-state index contributed by atoms with van der Waals surface area (Å²) in [7, 11) is 0. The Bertz CT molecular complexity index is 1720. The molecule has 2 aromatic heterocycles. The molecule has 8 rings (SSSR count). The van der Waals surface area contributed by atoms with E-state index in [0.717, 1.165) is 56.1 Å². The van der Waals surface area contributed by atoms with E-state index < -0.39 is 0 Å². The fourth-order valence-corrected chi connectivity index (χ4v) is 6.53. The lowest BCUT2D eigenvalue weighted by molar-refractivity contribution is 0.248. The van der Waals surface area contributed by atoms with Crippen LogP contribution in [0.3, 0.4) is 0 Å². The van der Waals surface area contributed by atoms with E-state index in [2.05, 4.69) is 94.9 Å². The molecule has 4 aromatic carbocycles. The van der Waals surface area contributed by atoms with E-state index in [4.69, 9.17) is 0 Å². The molecule has 2 atom stereocenters. The minimum absolute atomic E-state index is 0.0805. The number of carbonyl (C=O) groups is 1. The van der Waals surface area contributed by atoms with E-state index in [1.165, 1.54) is 0 Å². The summed E-state index contributed by atoms with van der Waals surface area (Å²) in [6.07, 6.45) is 3.85. The van der Waals surface area contributed by atoms with Crippen molar-refractivity contribution in [3.8, 4) is 22.3 Å². The Kier molecular flexibility index (Phi) is 5.04. The molecule has 0 bridgehead atoms. The van der Waals surface area contributed by atoms with Gasteiger partial charge in [0.25, 0.3) is 0 Å². The summed E-state index contributed by atoms with van der Waals surface area (Å²) >= 11 is 0. The van der Waals surface area contributed by atoms with Gasteiger partial charge >= 0.3 is 6.03 Å². The van der Waals surface area contributed by atoms with Crippen LogP contribution < -0.4 is 9.80 Å². The molecule has 0 saturated carbocycles. The molecular weight excluding hydrogens is 492 g/mol. The molecule has 0 saturated heterocycles. The predicted molar refractivity (Wildman–Crippen MR) is 159 cm³/mol. The summed E-state index contributed by atoms with van der Waals surface area (Å²) < 4.78 is 0. The van der Waals surface area contributed by atoms with Gasteiger partial charge in [0, 0.05) is 34.9 Å². The van der Waals surface area contributed by atoms with Gasteiger partial charge in [-0.05, 0) is 58.7 Å². The van der Waals surface area contributed by atoms with E-state index >= 15 is 4.79 Å². The normalized spacial score (nSPS) is 17.0. The summed E-state index contributed by atoms with van der Waals surface area (Å²) in [6.45, 7) is 0. The number of carbonyl (C=O) groups excluding carboxylic acids is 1. The van der Waals surface area contributed by atoms with Crippen LogP contribution in [0.25, 0.3) is 22.3 Å². The first-order valence-corrected chi connectivity index (χ1v) is 13.6. The van der Waals surface area contributed by atoms with E-state index in [-0.39, 0.29) is 18.1 Å². The van der Waals surface area contributed by atoms with Crippen LogP contribution in [0.1, 0.15) is 34.6 Å². The zero-order valence-electron chi connectivity index (χ0n) is 21.7. The molecule has 0 aliphatic carbocycles. The van der Waals surface area contributed by atoms with Crippen LogP contribution in [0.15, 0.2) is 134 Å². The fourth-order valence-electron chi connectivity index (χ4n) is 6.53. The quantitative estimate of drug-likeness (QED) is 0.238. The maximum absolute atomic E-state index is 15.3. The number of nitrogens with one attached hydrogen (secondary N) is 2. The van der Waals surface area contributed by atoms with Crippen LogP contribution in [0.5, 0.6) is 0 Å². The van der Waals surface area contributed by atoms with Gasteiger partial charge in [0.1, 0.15) is 12.1 Å². The second kappa shape index (κ2) is 8.89. The lowest BCUT2D eigenvalue weighted by Crippen LogP contribution is -2.50. The number of anilines is 2. The van der Waals surface area contributed by atoms with Crippen LogP contribution in [-0.2, 0) is 0 Å². The number of rotatable bonds is 2. The number of aromatic amines is 2. The highest BCUT2D eigenvalue weighted by molar-refractivity contribution is 6.11. The largest absolute Gasteiger partial charge is 0.363 e. The van der Waals surface area contributed by atoms with E-state index in [9.17, 15) is 0 Å². The van der Waals surface area contributed by atoms with Gasteiger partial charge < -0.3 is 9.97 Å². The average Bonchev–Trinajstić information content (AvgIpc) is 3.75. The molecule has 2 aliphatic heterocycles. The number of hydrogen-bond donors (Lipinski definition) is 2. The van der Waals surface area contributed by atoms with Gasteiger partial charge in [-0.3, -0.25) is 9.80 Å². The molecule has 2 amide bonds. The second-order valence-electron chi connectivity index (χ2n) is 10.3.